The number of aryl methyl sites for hydroxylation is 2. The van der Waals surface area contributed by atoms with Gasteiger partial charge < -0.3 is 13.6 Å². The highest BCUT2D eigenvalue weighted by molar-refractivity contribution is 5.75. The summed E-state index contributed by atoms with van der Waals surface area (Å²) < 4.78 is 16.2. The normalized spacial score (nSPS) is 19.0. The Labute approximate surface area is 135 Å². The van der Waals surface area contributed by atoms with E-state index in [1.54, 1.807) is 0 Å². The van der Waals surface area contributed by atoms with E-state index in [1.165, 1.54) is 7.11 Å². The first-order chi connectivity index (χ1) is 11.1. The van der Waals surface area contributed by atoms with Crippen molar-refractivity contribution in [2.75, 3.05) is 13.7 Å². The minimum atomic E-state index is -0.195. The Bertz CT molecular complexity index is 689. The summed E-state index contributed by atoms with van der Waals surface area (Å²) >= 11 is 0. The fraction of sp³-hybridized carbons (Fsp3) is 0.529. The monoisotopic (exact) mass is 318 g/mol. The first-order valence-electron chi connectivity index (χ1n) is 7.93. The Morgan fingerprint density at radius 1 is 1.35 bits per heavy atom. The molecule has 0 spiro atoms. The second-order valence-electron chi connectivity index (χ2n) is 5.94. The molecule has 2 aromatic heterocycles. The van der Waals surface area contributed by atoms with Crippen LogP contribution in [0.25, 0.3) is 11.7 Å². The third-order valence-corrected chi connectivity index (χ3v) is 4.28. The molecule has 1 saturated heterocycles. The van der Waals surface area contributed by atoms with Gasteiger partial charge >= 0.3 is 5.97 Å². The average Bonchev–Trinajstić information content (AvgIpc) is 3.14. The number of rotatable bonds is 4. The highest BCUT2D eigenvalue weighted by atomic mass is 16.5. The maximum Gasteiger partial charge on any atom is 0.323 e. The van der Waals surface area contributed by atoms with Crippen LogP contribution in [0.15, 0.2) is 21.0 Å². The maximum absolute atomic E-state index is 12.0. The first-order valence-corrected chi connectivity index (χ1v) is 7.93. The summed E-state index contributed by atoms with van der Waals surface area (Å²) in [5.74, 6) is 2.51. The first kappa shape index (κ1) is 15.8. The lowest BCUT2D eigenvalue weighted by Gasteiger charge is -2.33. The van der Waals surface area contributed by atoms with E-state index in [9.17, 15) is 4.79 Å². The van der Waals surface area contributed by atoms with Crippen LogP contribution in [0.3, 0.4) is 0 Å². The lowest BCUT2D eigenvalue weighted by Crippen LogP contribution is -2.44. The van der Waals surface area contributed by atoms with Crippen LogP contribution in [0, 0.1) is 13.8 Å². The molecule has 0 radical (unpaired) electrons. The number of nitrogens with zero attached hydrogens (tertiary/aromatic N) is 2. The molecule has 124 valence electrons. The van der Waals surface area contributed by atoms with Crippen LogP contribution < -0.4 is 0 Å². The molecule has 6 heteroatoms. The van der Waals surface area contributed by atoms with Crippen LogP contribution in [-0.4, -0.2) is 35.5 Å². The van der Waals surface area contributed by atoms with Gasteiger partial charge in [-0.25, -0.2) is 4.98 Å². The van der Waals surface area contributed by atoms with E-state index in [0.29, 0.717) is 18.2 Å². The van der Waals surface area contributed by atoms with Crippen molar-refractivity contribution >= 4 is 5.97 Å². The molecule has 0 aromatic carbocycles. The van der Waals surface area contributed by atoms with Gasteiger partial charge in [0.2, 0.25) is 0 Å². The third kappa shape index (κ3) is 3.32. The minimum Gasteiger partial charge on any atom is -0.468 e. The van der Waals surface area contributed by atoms with Crippen LogP contribution >= 0.6 is 0 Å². The van der Waals surface area contributed by atoms with Crippen molar-refractivity contribution in [3.63, 3.8) is 0 Å². The predicted molar refractivity (Wildman–Crippen MR) is 83.7 cm³/mol. The third-order valence-electron chi connectivity index (χ3n) is 4.28. The average molecular weight is 318 g/mol. The quantitative estimate of drug-likeness (QED) is 0.807. The van der Waals surface area contributed by atoms with Crippen LogP contribution in [0.1, 0.15) is 36.5 Å². The van der Waals surface area contributed by atoms with E-state index in [4.69, 9.17) is 13.6 Å². The summed E-state index contributed by atoms with van der Waals surface area (Å²) in [6, 6.07) is 3.54. The van der Waals surface area contributed by atoms with Gasteiger partial charge in [0, 0.05) is 6.54 Å². The number of carbonyl (C=O) groups is 1. The summed E-state index contributed by atoms with van der Waals surface area (Å²) in [6.45, 7) is 5.21. The second kappa shape index (κ2) is 6.58. The van der Waals surface area contributed by atoms with Crippen molar-refractivity contribution in [2.24, 2.45) is 0 Å². The summed E-state index contributed by atoms with van der Waals surface area (Å²) in [5.41, 5.74) is 0.838. The fourth-order valence-corrected chi connectivity index (χ4v) is 3.01. The largest absolute Gasteiger partial charge is 0.468 e. The van der Waals surface area contributed by atoms with E-state index < -0.39 is 0 Å². The van der Waals surface area contributed by atoms with Gasteiger partial charge in [-0.15, -0.1) is 0 Å². The number of oxazole rings is 1. The Hall–Kier alpha value is -2.08. The molecular formula is C17H22N2O4. The van der Waals surface area contributed by atoms with E-state index in [2.05, 4.69) is 9.88 Å². The van der Waals surface area contributed by atoms with Gasteiger partial charge in [0.1, 0.15) is 17.6 Å². The number of carbonyl (C=O) groups excluding carboxylic acids is 1. The zero-order valence-corrected chi connectivity index (χ0v) is 13.8. The number of piperidine rings is 1. The molecule has 2 aromatic rings. The molecule has 0 amide bonds. The van der Waals surface area contributed by atoms with Gasteiger partial charge in [0.05, 0.1) is 12.8 Å². The van der Waals surface area contributed by atoms with Crippen LogP contribution in [0.5, 0.6) is 0 Å². The number of hydrogen-bond donors (Lipinski definition) is 0. The topological polar surface area (TPSA) is 68.7 Å². The zero-order valence-electron chi connectivity index (χ0n) is 13.8. The molecule has 0 unspecified atom stereocenters. The molecule has 0 N–H and O–H groups in total. The van der Waals surface area contributed by atoms with Crippen molar-refractivity contribution in [1.29, 1.82) is 0 Å². The predicted octanol–water partition coefficient (Wildman–Crippen LogP) is 3.08. The van der Waals surface area contributed by atoms with Gasteiger partial charge in [-0.05, 0) is 45.4 Å². The molecule has 6 nitrogen and oxygen atoms in total. The van der Waals surface area contributed by atoms with Crippen molar-refractivity contribution in [2.45, 2.75) is 45.7 Å². The smallest absolute Gasteiger partial charge is 0.323 e. The minimum absolute atomic E-state index is 0.173. The standard InChI is InChI=1S/C17H22N2O4/c1-11-7-8-15(22-11)16-18-13(12(2)23-16)10-19-9-5-4-6-14(19)17(20)21-3/h7-8,14H,4-6,9-10H2,1-3H3/t14-/m1/s1. The Kier molecular flexibility index (Phi) is 4.52. The maximum atomic E-state index is 12.0. The Balaban J connectivity index is 1.79. The summed E-state index contributed by atoms with van der Waals surface area (Å²) in [5, 5.41) is 0. The highest BCUT2D eigenvalue weighted by Gasteiger charge is 2.30. The van der Waals surface area contributed by atoms with E-state index in [-0.39, 0.29) is 12.0 Å². The second-order valence-corrected chi connectivity index (χ2v) is 5.94. The molecule has 3 rings (SSSR count). The molecule has 1 aliphatic rings. The molecule has 1 fully saturated rings. The zero-order chi connectivity index (χ0) is 16.4. The number of furan rings is 1. The van der Waals surface area contributed by atoms with Crippen LogP contribution in [-0.2, 0) is 16.1 Å². The molecule has 3 heterocycles. The van der Waals surface area contributed by atoms with E-state index in [0.717, 1.165) is 43.0 Å². The molecule has 1 atom stereocenters. The van der Waals surface area contributed by atoms with Crippen molar-refractivity contribution < 1.29 is 18.4 Å². The summed E-state index contributed by atoms with van der Waals surface area (Å²) in [7, 11) is 1.44. The molecule has 1 aliphatic heterocycles. The Morgan fingerprint density at radius 2 is 2.17 bits per heavy atom. The van der Waals surface area contributed by atoms with E-state index >= 15 is 0 Å². The number of hydrogen-bond acceptors (Lipinski definition) is 6. The highest BCUT2D eigenvalue weighted by Crippen LogP contribution is 2.26. The number of methoxy groups -OCH3 is 1. The van der Waals surface area contributed by atoms with Gasteiger partial charge in [-0.3, -0.25) is 9.69 Å². The van der Waals surface area contributed by atoms with Crippen molar-refractivity contribution in [3.8, 4) is 11.7 Å². The Morgan fingerprint density at radius 3 is 2.87 bits per heavy atom. The van der Waals surface area contributed by atoms with Gasteiger partial charge in [0.25, 0.3) is 5.89 Å². The van der Waals surface area contributed by atoms with Crippen molar-refractivity contribution in [3.05, 3.63) is 29.3 Å². The lowest BCUT2D eigenvalue weighted by molar-refractivity contribution is -0.148. The van der Waals surface area contributed by atoms with Crippen molar-refractivity contribution in [1.82, 2.24) is 9.88 Å². The molecule has 0 bridgehead atoms. The fourth-order valence-electron chi connectivity index (χ4n) is 3.01. The van der Waals surface area contributed by atoms with Gasteiger partial charge in [-0.1, -0.05) is 6.42 Å². The lowest BCUT2D eigenvalue weighted by atomic mass is 10.0. The molecular weight excluding hydrogens is 296 g/mol. The number of ether oxygens (including phenoxy) is 1. The summed E-state index contributed by atoms with van der Waals surface area (Å²) in [6.07, 6.45) is 2.95. The van der Waals surface area contributed by atoms with Gasteiger partial charge in [0.15, 0.2) is 5.76 Å². The molecule has 23 heavy (non-hydrogen) atoms. The summed E-state index contributed by atoms with van der Waals surface area (Å²) in [4.78, 5) is 18.6. The number of aromatic nitrogens is 1. The van der Waals surface area contributed by atoms with Crippen LogP contribution in [0.2, 0.25) is 0 Å². The number of likely N-dealkylation sites (tertiary alicyclic amines) is 1. The van der Waals surface area contributed by atoms with E-state index in [1.807, 2.05) is 26.0 Å². The number of esters is 1. The molecule has 0 aliphatic carbocycles. The molecule has 0 saturated carbocycles. The van der Waals surface area contributed by atoms with Gasteiger partial charge in [-0.2, -0.15) is 0 Å². The SMILES string of the molecule is COC(=O)[C@H]1CCCCN1Cc1nc(-c2ccc(C)o2)oc1C. The van der Waals surface area contributed by atoms with Crippen LogP contribution in [0.4, 0.5) is 0 Å².